The SMILES string of the molecule is COc1ccc(F)cc1C[NH+]1CC[NH+]([C@@H](C)C(=O)NC2CCCCC2)CC1. The summed E-state index contributed by atoms with van der Waals surface area (Å²) in [4.78, 5) is 15.4. The van der Waals surface area contributed by atoms with Crippen LogP contribution in [0.5, 0.6) is 5.75 Å². The van der Waals surface area contributed by atoms with Crippen molar-refractivity contribution in [3.8, 4) is 5.75 Å². The molecule has 1 saturated heterocycles. The number of piperazine rings is 1. The van der Waals surface area contributed by atoms with Crippen LogP contribution in [0.25, 0.3) is 0 Å². The number of amides is 1. The van der Waals surface area contributed by atoms with Gasteiger partial charge < -0.3 is 19.9 Å². The highest BCUT2D eigenvalue weighted by Gasteiger charge is 2.32. The molecule has 27 heavy (non-hydrogen) atoms. The first-order chi connectivity index (χ1) is 13.1. The summed E-state index contributed by atoms with van der Waals surface area (Å²) in [5.41, 5.74) is 0.916. The van der Waals surface area contributed by atoms with Crippen molar-refractivity contribution in [2.45, 2.75) is 57.7 Å². The second-order valence-electron chi connectivity index (χ2n) is 8.11. The smallest absolute Gasteiger partial charge is 0.278 e. The van der Waals surface area contributed by atoms with E-state index in [-0.39, 0.29) is 17.8 Å². The molecule has 0 spiro atoms. The van der Waals surface area contributed by atoms with E-state index in [2.05, 4.69) is 5.32 Å². The van der Waals surface area contributed by atoms with Crippen molar-refractivity contribution in [2.24, 2.45) is 0 Å². The van der Waals surface area contributed by atoms with Crippen LogP contribution >= 0.6 is 0 Å². The molecule has 6 heteroatoms. The largest absolute Gasteiger partial charge is 0.496 e. The predicted molar refractivity (Wildman–Crippen MR) is 103 cm³/mol. The topological polar surface area (TPSA) is 47.2 Å². The fraction of sp³-hybridized carbons (Fsp3) is 0.667. The first kappa shape index (κ1) is 20.1. The van der Waals surface area contributed by atoms with Gasteiger partial charge in [-0.3, -0.25) is 4.79 Å². The van der Waals surface area contributed by atoms with Crippen LogP contribution in [0.3, 0.4) is 0 Å². The molecule has 1 atom stereocenters. The minimum atomic E-state index is -0.220. The Balaban J connectivity index is 1.48. The van der Waals surface area contributed by atoms with E-state index in [1.807, 2.05) is 6.92 Å². The fourth-order valence-electron chi connectivity index (χ4n) is 4.45. The van der Waals surface area contributed by atoms with Crippen molar-refractivity contribution in [3.63, 3.8) is 0 Å². The van der Waals surface area contributed by atoms with Crippen LogP contribution in [0, 0.1) is 5.82 Å². The molecular weight excluding hydrogens is 345 g/mol. The van der Waals surface area contributed by atoms with Gasteiger partial charge in [0, 0.05) is 6.04 Å². The molecule has 0 radical (unpaired) electrons. The third-order valence-corrected chi connectivity index (χ3v) is 6.24. The molecule has 150 valence electrons. The Morgan fingerprint density at radius 3 is 2.59 bits per heavy atom. The molecule has 1 heterocycles. The lowest BCUT2D eigenvalue weighted by Crippen LogP contribution is -3.29. The summed E-state index contributed by atoms with van der Waals surface area (Å²) in [5.74, 6) is 0.730. The molecule has 0 bridgehead atoms. The molecule has 1 saturated carbocycles. The zero-order valence-electron chi connectivity index (χ0n) is 16.7. The Hall–Kier alpha value is -1.66. The van der Waals surface area contributed by atoms with Gasteiger partial charge in [0.15, 0.2) is 6.04 Å². The maximum Gasteiger partial charge on any atom is 0.278 e. The predicted octanol–water partition coefficient (Wildman–Crippen LogP) is -0.0449. The van der Waals surface area contributed by atoms with Gasteiger partial charge in [-0.15, -0.1) is 0 Å². The summed E-state index contributed by atoms with van der Waals surface area (Å²) in [6.07, 6.45) is 6.02. The van der Waals surface area contributed by atoms with Gasteiger partial charge in [-0.25, -0.2) is 4.39 Å². The average molecular weight is 380 g/mol. The van der Waals surface area contributed by atoms with Crippen molar-refractivity contribution in [2.75, 3.05) is 33.3 Å². The molecule has 1 aliphatic heterocycles. The van der Waals surface area contributed by atoms with E-state index < -0.39 is 0 Å². The molecular formula is C21H34FN3O2+2. The van der Waals surface area contributed by atoms with Crippen LogP contribution < -0.4 is 19.9 Å². The molecule has 3 rings (SSSR count). The number of nitrogens with one attached hydrogen (secondary N) is 3. The highest BCUT2D eigenvalue weighted by Crippen LogP contribution is 2.18. The lowest BCUT2D eigenvalue weighted by atomic mass is 9.95. The summed E-state index contributed by atoms with van der Waals surface area (Å²) < 4.78 is 18.9. The zero-order chi connectivity index (χ0) is 19.2. The fourth-order valence-corrected chi connectivity index (χ4v) is 4.45. The van der Waals surface area contributed by atoms with Gasteiger partial charge in [-0.1, -0.05) is 19.3 Å². The van der Waals surface area contributed by atoms with Gasteiger partial charge >= 0.3 is 0 Å². The number of benzene rings is 1. The van der Waals surface area contributed by atoms with E-state index >= 15 is 0 Å². The number of ether oxygens (including phenoxy) is 1. The van der Waals surface area contributed by atoms with Gasteiger partial charge in [0.2, 0.25) is 0 Å². The maximum absolute atomic E-state index is 13.6. The molecule has 0 unspecified atom stereocenters. The summed E-state index contributed by atoms with van der Waals surface area (Å²) in [5, 5.41) is 3.26. The molecule has 1 aromatic rings. The lowest BCUT2D eigenvalue weighted by molar-refractivity contribution is -1.02. The number of carbonyl (C=O) groups is 1. The quantitative estimate of drug-likeness (QED) is 0.649. The normalized spacial score (nSPS) is 25.0. The van der Waals surface area contributed by atoms with Gasteiger partial charge in [0.05, 0.1) is 12.7 Å². The van der Waals surface area contributed by atoms with Gasteiger partial charge in [0.1, 0.15) is 44.3 Å². The highest BCUT2D eigenvalue weighted by molar-refractivity contribution is 5.80. The number of carbonyl (C=O) groups excluding carboxylic acids is 1. The highest BCUT2D eigenvalue weighted by atomic mass is 19.1. The van der Waals surface area contributed by atoms with E-state index in [1.165, 1.54) is 35.1 Å². The van der Waals surface area contributed by atoms with Crippen molar-refractivity contribution in [3.05, 3.63) is 29.6 Å². The Kier molecular flexibility index (Phi) is 7.07. The Morgan fingerprint density at radius 1 is 1.22 bits per heavy atom. The van der Waals surface area contributed by atoms with Crippen LogP contribution in [-0.4, -0.2) is 51.3 Å². The van der Waals surface area contributed by atoms with E-state index in [9.17, 15) is 9.18 Å². The molecule has 1 aromatic carbocycles. The maximum atomic E-state index is 13.6. The molecule has 3 N–H and O–H groups in total. The number of hydrogen-bond donors (Lipinski definition) is 3. The van der Waals surface area contributed by atoms with Crippen molar-refractivity contribution in [1.82, 2.24) is 5.32 Å². The molecule has 2 aliphatic rings. The first-order valence-electron chi connectivity index (χ1n) is 10.4. The summed E-state index contributed by atoms with van der Waals surface area (Å²) >= 11 is 0. The van der Waals surface area contributed by atoms with Crippen LogP contribution in [0.1, 0.15) is 44.6 Å². The third-order valence-electron chi connectivity index (χ3n) is 6.24. The van der Waals surface area contributed by atoms with Crippen molar-refractivity contribution >= 4 is 5.91 Å². The van der Waals surface area contributed by atoms with Gasteiger partial charge in [-0.2, -0.15) is 0 Å². The minimum absolute atomic E-state index is 0.00261. The zero-order valence-corrected chi connectivity index (χ0v) is 16.7. The molecule has 5 nitrogen and oxygen atoms in total. The number of halogens is 1. The monoisotopic (exact) mass is 379 g/mol. The molecule has 1 amide bonds. The third kappa shape index (κ3) is 5.42. The van der Waals surface area contributed by atoms with Gasteiger partial charge in [-0.05, 0) is 38.0 Å². The van der Waals surface area contributed by atoms with Crippen LogP contribution in [0.4, 0.5) is 4.39 Å². The van der Waals surface area contributed by atoms with Crippen molar-refractivity contribution < 1.29 is 23.7 Å². The van der Waals surface area contributed by atoms with Gasteiger partial charge in [0.25, 0.3) is 5.91 Å². The molecule has 0 aromatic heterocycles. The van der Waals surface area contributed by atoms with E-state index in [0.717, 1.165) is 56.9 Å². The Morgan fingerprint density at radius 2 is 1.93 bits per heavy atom. The van der Waals surface area contributed by atoms with Crippen LogP contribution in [0.15, 0.2) is 18.2 Å². The number of rotatable bonds is 6. The molecule has 2 fully saturated rings. The van der Waals surface area contributed by atoms with E-state index in [4.69, 9.17) is 4.74 Å². The second kappa shape index (κ2) is 9.51. The lowest BCUT2D eigenvalue weighted by Gasteiger charge is -2.33. The van der Waals surface area contributed by atoms with Crippen LogP contribution in [0.2, 0.25) is 0 Å². The van der Waals surface area contributed by atoms with Crippen molar-refractivity contribution in [1.29, 1.82) is 0 Å². The Labute approximate surface area is 161 Å². The number of methoxy groups -OCH3 is 1. The summed E-state index contributed by atoms with van der Waals surface area (Å²) in [6, 6.07) is 5.08. The Bertz CT molecular complexity index is 626. The standard InChI is InChI=1S/C21H32FN3O2/c1-16(21(26)23-19-6-4-3-5-7-19)25-12-10-24(11-13-25)15-17-14-18(22)8-9-20(17)27-2/h8-9,14,16,19H,3-7,10-13,15H2,1-2H3,(H,23,26)/p+2/t16-/m0/s1. The van der Waals surface area contributed by atoms with E-state index in [0.29, 0.717) is 6.04 Å². The average Bonchev–Trinajstić information content (AvgIpc) is 2.69. The molecule has 1 aliphatic carbocycles. The summed E-state index contributed by atoms with van der Waals surface area (Å²) in [6.45, 7) is 6.70. The summed E-state index contributed by atoms with van der Waals surface area (Å²) in [7, 11) is 1.63. The second-order valence-corrected chi connectivity index (χ2v) is 8.11. The number of quaternary nitrogens is 2. The first-order valence-corrected chi connectivity index (χ1v) is 10.4. The van der Waals surface area contributed by atoms with E-state index in [1.54, 1.807) is 19.2 Å². The number of hydrogen-bond acceptors (Lipinski definition) is 2. The van der Waals surface area contributed by atoms with Crippen LogP contribution in [-0.2, 0) is 11.3 Å². The minimum Gasteiger partial charge on any atom is -0.496 e.